The van der Waals surface area contributed by atoms with Gasteiger partial charge in [0.15, 0.2) is 11.2 Å². The van der Waals surface area contributed by atoms with Crippen LogP contribution in [0.15, 0.2) is 173 Å². The lowest BCUT2D eigenvalue weighted by molar-refractivity contribution is 0.670. The molecule has 312 valence electrons. The number of furan rings is 2. The minimum absolute atomic E-state index is 0.851. The van der Waals surface area contributed by atoms with E-state index in [-0.39, 0.29) is 0 Å². The van der Waals surface area contributed by atoms with Crippen LogP contribution in [-0.2, 0) is 0 Å². The summed E-state index contributed by atoms with van der Waals surface area (Å²) < 4.78 is 16.7. The predicted molar refractivity (Wildman–Crippen MR) is 273 cm³/mol. The first-order valence-electron chi connectivity index (χ1n) is 22.5. The van der Waals surface area contributed by atoms with Crippen molar-refractivity contribution < 1.29 is 8.83 Å². The van der Waals surface area contributed by atoms with Gasteiger partial charge in [0, 0.05) is 65.8 Å². The maximum absolute atomic E-state index is 7.12. The third-order valence-corrected chi connectivity index (χ3v) is 14.3. The van der Waals surface area contributed by atoms with Gasteiger partial charge in [0.1, 0.15) is 22.2 Å². The summed E-state index contributed by atoms with van der Waals surface area (Å²) in [6.45, 7) is 13.3. The van der Waals surface area contributed by atoms with Crippen molar-refractivity contribution in [3.05, 3.63) is 197 Å². The topological polar surface area (TPSA) is 37.2 Å². The second kappa shape index (κ2) is 13.7. The second-order valence-corrected chi connectivity index (χ2v) is 18.0. The zero-order chi connectivity index (χ0) is 43.8. The average molecular weight is 840 g/mol. The molecule has 13 rings (SSSR count). The molecule has 0 spiro atoms. The van der Waals surface area contributed by atoms with E-state index >= 15 is 0 Å². The van der Waals surface area contributed by atoms with E-state index in [4.69, 9.17) is 8.83 Å². The standard InChI is InChI=1S/C60H45N3O2/c1-34-28-42(29-35(2)38(34)5)61(40-18-9-7-10-19-40)50-32-48-44-22-13-15-26-52(44)64-59(48)57-54(50)46-24-17-25-47-55-51(62(41-20-11-8-12-21-41)43-30-36(3)39(6)37(4)31-43)33-49-45-23-14-16-27-53(45)65-60(49)58(55)63(57)56(46)47/h7-33H,1-6H3. The number of anilines is 6. The van der Waals surface area contributed by atoms with E-state index in [1.165, 1.54) is 33.4 Å². The Labute approximate surface area is 376 Å². The van der Waals surface area contributed by atoms with Gasteiger partial charge in [-0.05, 0) is 148 Å². The molecule has 0 bridgehead atoms. The summed E-state index contributed by atoms with van der Waals surface area (Å²) in [5.41, 5.74) is 20.8. The van der Waals surface area contributed by atoms with Gasteiger partial charge in [-0.2, -0.15) is 0 Å². The zero-order valence-electron chi connectivity index (χ0n) is 37.2. The lowest BCUT2D eigenvalue weighted by Gasteiger charge is -2.28. The third kappa shape index (κ3) is 5.27. The lowest BCUT2D eigenvalue weighted by atomic mass is 9.99. The average Bonchev–Trinajstić information content (AvgIpc) is 4.08. The molecule has 4 aromatic heterocycles. The molecule has 0 saturated heterocycles. The van der Waals surface area contributed by atoms with E-state index in [2.05, 4.69) is 220 Å². The largest absolute Gasteiger partial charge is 0.454 e. The molecule has 0 fully saturated rings. The monoisotopic (exact) mass is 839 g/mol. The first kappa shape index (κ1) is 37.5. The van der Waals surface area contributed by atoms with Crippen LogP contribution in [-0.4, -0.2) is 4.40 Å². The van der Waals surface area contributed by atoms with Crippen LogP contribution < -0.4 is 9.80 Å². The molecule has 0 saturated carbocycles. The van der Waals surface area contributed by atoms with E-state index < -0.39 is 0 Å². The summed E-state index contributed by atoms with van der Waals surface area (Å²) in [6.07, 6.45) is 0. The number of benzene rings is 9. The fraction of sp³-hybridized carbons (Fsp3) is 0.100. The molecule has 5 heteroatoms. The predicted octanol–water partition coefficient (Wildman–Crippen LogP) is 17.4. The molecule has 13 aromatic rings. The Hall–Kier alpha value is -8.02. The van der Waals surface area contributed by atoms with Gasteiger partial charge in [0.05, 0.1) is 16.9 Å². The van der Waals surface area contributed by atoms with Gasteiger partial charge >= 0.3 is 0 Å². The molecule has 0 atom stereocenters. The van der Waals surface area contributed by atoms with Crippen molar-refractivity contribution in [2.24, 2.45) is 0 Å². The van der Waals surface area contributed by atoms with Gasteiger partial charge in [-0.25, -0.2) is 0 Å². The molecule has 0 amide bonds. The van der Waals surface area contributed by atoms with Crippen LogP contribution in [0.3, 0.4) is 0 Å². The van der Waals surface area contributed by atoms with E-state index in [9.17, 15) is 0 Å². The highest BCUT2D eigenvalue weighted by molar-refractivity contribution is 6.36. The Morgan fingerprint density at radius 1 is 0.338 bits per heavy atom. The highest BCUT2D eigenvalue weighted by Gasteiger charge is 2.31. The van der Waals surface area contributed by atoms with E-state index in [1.807, 2.05) is 0 Å². The number of aromatic nitrogens is 1. The number of fused-ring (bicyclic) bond motifs is 14. The van der Waals surface area contributed by atoms with Gasteiger partial charge in [-0.15, -0.1) is 0 Å². The van der Waals surface area contributed by atoms with Crippen molar-refractivity contribution in [2.75, 3.05) is 9.80 Å². The molecule has 0 radical (unpaired) electrons. The first-order chi connectivity index (χ1) is 31.7. The van der Waals surface area contributed by atoms with Crippen molar-refractivity contribution in [3.8, 4) is 0 Å². The van der Waals surface area contributed by atoms with Crippen LogP contribution in [0.4, 0.5) is 34.1 Å². The van der Waals surface area contributed by atoms with Crippen LogP contribution in [0.25, 0.3) is 82.0 Å². The number of hydrogen-bond donors (Lipinski definition) is 0. The summed E-state index contributed by atoms with van der Waals surface area (Å²) in [5.74, 6) is 0. The summed E-state index contributed by atoms with van der Waals surface area (Å²) in [4.78, 5) is 4.91. The quantitative estimate of drug-likeness (QED) is 0.167. The Kier molecular flexibility index (Phi) is 7.93. The van der Waals surface area contributed by atoms with Crippen LogP contribution in [0.1, 0.15) is 33.4 Å². The van der Waals surface area contributed by atoms with Gasteiger partial charge in [0.2, 0.25) is 0 Å². The third-order valence-electron chi connectivity index (χ3n) is 14.3. The van der Waals surface area contributed by atoms with Crippen LogP contribution in [0.2, 0.25) is 0 Å². The molecule has 5 nitrogen and oxygen atoms in total. The van der Waals surface area contributed by atoms with Crippen LogP contribution in [0, 0.1) is 41.5 Å². The smallest absolute Gasteiger partial charge is 0.160 e. The number of nitrogens with zero attached hydrogens (tertiary/aromatic N) is 3. The van der Waals surface area contributed by atoms with Crippen molar-refractivity contribution in [2.45, 2.75) is 41.5 Å². The highest BCUT2D eigenvalue weighted by atomic mass is 16.3. The van der Waals surface area contributed by atoms with Gasteiger partial charge in [0.25, 0.3) is 0 Å². The maximum Gasteiger partial charge on any atom is 0.160 e. The second-order valence-electron chi connectivity index (χ2n) is 18.0. The Morgan fingerprint density at radius 3 is 1.12 bits per heavy atom. The fourth-order valence-electron chi connectivity index (χ4n) is 10.8. The van der Waals surface area contributed by atoms with E-state index in [1.54, 1.807) is 0 Å². The number of rotatable bonds is 6. The van der Waals surface area contributed by atoms with Crippen LogP contribution >= 0.6 is 0 Å². The van der Waals surface area contributed by atoms with Crippen molar-refractivity contribution in [1.29, 1.82) is 0 Å². The Morgan fingerprint density at radius 2 is 0.708 bits per heavy atom. The van der Waals surface area contributed by atoms with E-state index in [0.717, 1.165) is 116 Å². The minimum atomic E-state index is 0.851. The lowest BCUT2D eigenvalue weighted by Crippen LogP contribution is -2.12. The molecule has 0 N–H and O–H groups in total. The van der Waals surface area contributed by atoms with Crippen molar-refractivity contribution >= 4 is 116 Å². The van der Waals surface area contributed by atoms with E-state index in [0.29, 0.717) is 0 Å². The Bertz CT molecular complexity index is 3770. The number of hydrogen-bond acceptors (Lipinski definition) is 4. The van der Waals surface area contributed by atoms with Crippen LogP contribution in [0.5, 0.6) is 0 Å². The molecule has 0 aliphatic rings. The summed E-state index contributed by atoms with van der Waals surface area (Å²) >= 11 is 0. The minimum Gasteiger partial charge on any atom is -0.454 e. The normalized spacial score (nSPS) is 12.2. The summed E-state index contributed by atoms with van der Waals surface area (Å²) in [6, 6.07) is 59.4. The van der Waals surface area contributed by atoms with Gasteiger partial charge in [-0.3, -0.25) is 0 Å². The number of aryl methyl sites for hydroxylation is 4. The van der Waals surface area contributed by atoms with Gasteiger partial charge < -0.3 is 23.0 Å². The molecule has 65 heavy (non-hydrogen) atoms. The molecule has 0 aliphatic heterocycles. The summed E-state index contributed by atoms with van der Waals surface area (Å²) in [7, 11) is 0. The zero-order valence-corrected chi connectivity index (χ0v) is 37.2. The molecular weight excluding hydrogens is 795 g/mol. The fourth-order valence-corrected chi connectivity index (χ4v) is 10.8. The van der Waals surface area contributed by atoms with Gasteiger partial charge in [-0.1, -0.05) is 91.0 Å². The molecular formula is C60H45N3O2. The Balaban J connectivity index is 1.28. The highest BCUT2D eigenvalue weighted by Crippen LogP contribution is 2.54. The van der Waals surface area contributed by atoms with Crippen molar-refractivity contribution in [1.82, 2.24) is 4.40 Å². The molecule has 0 unspecified atom stereocenters. The summed E-state index contributed by atoms with van der Waals surface area (Å²) in [5, 5.41) is 8.83. The molecule has 9 aromatic carbocycles. The SMILES string of the molecule is Cc1cc(N(c2ccccc2)c2cc3c4ccccc4oc3c3c2c2cccc4c5c(N(c6ccccc6)c6cc(C)c(C)c(C)c6)cc6c7ccccc7oc6c5n3c24)cc(C)c1C. The first-order valence-corrected chi connectivity index (χ1v) is 22.5. The molecule has 4 heterocycles. The molecule has 0 aliphatic carbocycles. The number of para-hydroxylation sites is 5. The maximum atomic E-state index is 7.12. The van der Waals surface area contributed by atoms with Crippen molar-refractivity contribution in [3.63, 3.8) is 0 Å².